The Kier molecular flexibility index (Phi) is 10.3. The van der Waals surface area contributed by atoms with Gasteiger partial charge in [0, 0.05) is 12.3 Å². The van der Waals surface area contributed by atoms with E-state index in [1.807, 2.05) is 12.2 Å². The number of rotatable bonds is 13. The molecule has 2 N–H and O–H groups in total. The Hall–Kier alpha value is -1.42. The van der Waals surface area contributed by atoms with Crippen LogP contribution < -0.4 is 0 Å². The number of hydrogen-bond acceptors (Lipinski definition) is 3. The summed E-state index contributed by atoms with van der Waals surface area (Å²) in [4.78, 5) is 22.4. The average Bonchev–Trinajstić information content (AvgIpc) is 2.89. The molecule has 1 aliphatic carbocycles. The number of carboxylic acids is 1. The van der Waals surface area contributed by atoms with E-state index in [1.165, 1.54) is 0 Å². The van der Waals surface area contributed by atoms with E-state index in [4.69, 9.17) is 5.11 Å². The number of aliphatic hydroxyl groups excluding tert-OH is 1. The van der Waals surface area contributed by atoms with Gasteiger partial charge in [0.25, 0.3) is 0 Å². The van der Waals surface area contributed by atoms with Gasteiger partial charge in [0.2, 0.25) is 0 Å². The molecule has 0 aromatic rings. The van der Waals surface area contributed by atoms with Crippen LogP contribution in [0.3, 0.4) is 0 Å². The summed E-state index contributed by atoms with van der Waals surface area (Å²) in [6, 6.07) is 0. The zero-order chi connectivity index (χ0) is 17.8. The lowest BCUT2D eigenvalue weighted by Crippen LogP contribution is -2.14. The topological polar surface area (TPSA) is 74.6 Å². The molecular weight excluding hydrogens is 304 g/mol. The molecule has 0 saturated carbocycles. The number of carboxylic acid groups (broad SMARTS) is 1. The molecule has 0 amide bonds. The van der Waals surface area contributed by atoms with Gasteiger partial charge < -0.3 is 10.2 Å². The van der Waals surface area contributed by atoms with Crippen molar-refractivity contribution in [1.82, 2.24) is 0 Å². The first-order valence-electron chi connectivity index (χ1n) is 9.34. The van der Waals surface area contributed by atoms with Crippen LogP contribution in [0.25, 0.3) is 0 Å². The second-order valence-electron chi connectivity index (χ2n) is 6.75. The molecule has 1 rings (SSSR count). The molecule has 0 bridgehead atoms. The van der Waals surface area contributed by atoms with Crippen LogP contribution in [0.5, 0.6) is 0 Å². The van der Waals surface area contributed by atoms with Gasteiger partial charge in [0.05, 0.1) is 6.10 Å². The highest BCUT2D eigenvalue weighted by atomic mass is 16.4. The van der Waals surface area contributed by atoms with Gasteiger partial charge in [-0.3, -0.25) is 9.59 Å². The molecule has 0 fully saturated rings. The van der Waals surface area contributed by atoms with Crippen molar-refractivity contribution in [2.24, 2.45) is 11.8 Å². The summed E-state index contributed by atoms with van der Waals surface area (Å²) in [7, 11) is 0. The lowest BCUT2D eigenvalue weighted by Gasteiger charge is -2.15. The van der Waals surface area contributed by atoms with Crippen molar-refractivity contribution in [2.45, 2.75) is 77.2 Å². The second-order valence-corrected chi connectivity index (χ2v) is 6.75. The van der Waals surface area contributed by atoms with Crippen LogP contribution in [-0.2, 0) is 9.59 Å². The van der Waals surface area contributed by atoms with Crippen molar-refractivity contribution in [2.75, 3.05) is 0 Å². The molecular formula is C20H32O4. The molecule has 24 heavy (non-hydrogen) atoms. The summed E-state index contributed by atoms with van der Waals surface area (Å²) >= 11 is 0. The van der Waals surface area contributed by atoms with Crippen molar-refractivity contribution in [3.63, 3.8) is 0 Å². The Morgan fingerprint density at radius 3 is 2.67 bits per heavy atom. The van der Waals surface area contributed by atoms with E-state index < -0.39 is 12.1 Å². The van der Waals surface area contributed by atoms with Crippen molar-refractivity contribution in [3.05, 3.63) is 24.3 Å². The highest BCUT2D eigenvalue weighted by Crippen LogP contribution is 2.29. The van der Waals surface area contributed by atoms with Gasteiger partial charge in [-0.25, -0.2) is 0 Å². The molecule has 0 aromatic carbocycles. The fraction of sp³-hybridized carbons (Fsp3) is 0.700. The molecule has 1 aliphatic rings. The SMILES string of the molecule is CCCCC[C@H](O)/C=C/[C@@H]1C(=O)C=C[C@@H]1CCCCCCC(=O)O. The van der Waals surface area contributed by atoms with E-state index in [-0.39, 0.29) is 24.0 Å². The van der Waals surface area contributed by atoms with Crippen LogP contribution in [0.1, 0.15) is 71.1 Å². The summed E-state index contributed by atoms with van der Waals surface area (Å²) in [5.41, 5.74) is 0. The summed E-state index contributed by atoms with van der Waals surface area (Å²) < 4.78 is 0. The monoisotopic (exact) mass is 336 g/mol. The molecule has 0 aromatic heterocycles. The molecule has 0 saturated heterocycles. The first-order chi connectivity index (χ1) is 11.5. The third kappa shape index (κ3) is 8.44. The number of aliphatic carboxylic acids is 1. The van der Waals surface area contributed by atoms with Gasteiger partial charge in [-0.15, -0.1) is 0 Å². The van der Waals surface area contributed by atoms with Crippen molar-refractivity contribution < 1.29 is 19.8 Å². The fourth-order valence-corrected chi connectivity index (χ4v) is 3.13. The summed E-state index contributed by atoms with van der Waals surface area (Å²) in [5.74, 6) is -0.522. The van der Waals surface area contributed by atoms with Gasteiger partial charge in [-0.05, 0) is 31.3 Å². The van der Waals surface area contributed by atoms with E-state index in [2.05, 4.69) is 6.92 Å². The predicted molar refractivity (Wildman–Crippen MR) is 95.8 cm³/mol. The average molecular weight is 336 g/mol. The minimum absolute atomic E-state index is 0.128. The number of allylic oxidation sites excluding steroid dienone is 3. The number of carbonyl (C=O) groups is 2. The molecule has 4 heteroatoms. The quantitative estimate of drug-likeness (QED) is 0.389. The van der Waals surface area contributed by atoms with Crippen LogP contribution in [0, 0.1) is 11.8 Å². The Bertz CT molecular complexity index is 439. The maximum absolute atomic E-state index is 12.0. The van der Waals surface area contributed by atoms with Crippen LogP contribution in [0.2, 0.25) is 0 Å². The lowest BCUT2D eigenvalue weighted by atomic mass is 9.89. The molecule has 0 unspecified atom stereocenters. The number of aliphatic hydroxyl groups is 1. The molecule has 0 aliphatic heterocycles. The molecule has 0 spiro atoms. The first kappa shape index (κ1) is 20.6. The molecule has 3 atom stereocenters. The van der Waals surface area contributed by atoms with Crippen LogP contribution >= 0.6 is 0 Å². The number of hydrogen-bond donors (Lipinski definition) is 2. The third-order valence-corrected chi connectivity index (χ3v) is 4.62. The summed E-state index contributed by atoms with van der Waals surface area (Å²) in [6.45, 7) is 2.14. The standard InChI is InChI=1S/C20H32O4/c1-2-3-6-10-17(21)13-14-18-16(12-15-19(18)22)9-7-4-5-8-11-20(23)24/h12-18,21H,2-11H2,1H3,(H,23,24)/b14-13+/t16-,17-,18-/m0/s1. The molecule has 4 nitrogen and oxygen atoms in total. The fourth-order valence-electron chi connectivity index (χ4n) is 3.13. The Balaban J connectivity index is 2.29. The van der Waals surface area contributed by atoms with Crippen molar-refractivity contribution in [3.8, 4) is 0 Å². The minimum Gasteiger partial charge on any atom is -0.481 e. The van der Waals surface area contributed by atoms with Crippen molar-refractivity contribution in [1.29, 1.82) is 0 Å². The number of carbonyl (C=O) groups excluding carboxylic acids is 1. The summed E-state index contributed by atoms with van der Waals surface area (Å²) in [5, 5.41) is 18.6. The Morgan fingerprint density at radius 2 is 1.96 bits per heavy atom. The molecule has 0 radical (unpaired) electrons. The Morgan fingerprint density at radius 1 is 1.21 bits per heavy atom. The van der Waals surface area contributed by atoms with Crippen LogP contribution in [-0.4, -0.2) is 28.1 Å². The second kappa shape index (κ2) is 12.0. The van der Waals surface area contributed by atoms with E-state index in [0.717, 1.165) is 57.8 Å². The molecule has 136 valence electrons. The maximum atomic E-state index is 12.0. The normalized spacial score (nSPS) is 21.7. The van der Waals surface area contributed by atoms with Gasteiger partial charge in [0.15, 0.2) is 5.78 Å². The smallest absolute Gasteiger partial charge is 0.303 e. The predicted octanol–water partition coefficient (Wildman–Crippen LogP) is 4.28. The maximum Gasteiger partial charge on any atom is 0.303 e. The minimum atomic E-state index is -0.734. The van der Waals surface area contributed by atoms with Crippen LogP contribution in [0.4, 0.5) is 0 Å². The largest absolute Gasteiger partial charge is 0.481 e. The third-order valence-electron chi connectivity index (χ3n) is 4.62. The molecule has 0 heterocycles. The lowest BCUT2D eigenvalue weighted by molar-refractivity contribution is -0.137. The summed E-state index contributed by atoms with van der Waals surface area (Å²) in [6.07, 6.45) is 15.7. The van der Waals surface area contributed by atoms with Gasteiger partial charge in [-0.2, -0.15) is 0 Å². The van der Waals surface area contributed by atoms with Crippen LogP contribution in [0.15, 0.2) is 24.3 Å². The van der Waals surface area contributed by atoms with E-state index in [0.29, 0.717) is 0 Å². The Labute approximate surface area is 145 Å². The van der Waals surface area contributed by atoms with Crippen molar-refractivity contribution >= 4 is 11.8 Å². The van der Waals surface area contributed by atoms with E-state index >= 15 is 0 Å². The number of unbranched alkanes of at least 4 members (excludes halogenated alkanes) is 5. The van der Waals surface area contributed by atoms with Gasteiger partial charge in [0.1, 0.15) is 0 Å². The zero-order valence-electron chi connectivity index (χ0n) is 14.8. The van der Waals surface area contributed by atoms with E-state index in [1.54, 1.807) is 12.2 Å². The highest BCUT2D eigenvalue weighted by molar-refractivity contribution is 5.95. The highest BCUT2D eigenvalue weighted by Gasteiger charge is 2.27. The first-order valence-corrected chi connectivity index (χ1v) is 9.34. The van der Waals surface area contributed by atoms with Gasteiger partial charge in [-0.1, -0.05) is 63.7 Å². The number of ketones is 1. The zero-order valence-corrected chi connectivity index (χ0v) is 14.8. The van der Waals surface area contributed by atoms with Gasteiger partial charge >= 0.3 is 5.97 Å². The van der Waals surface area contributed by atoms with E-state index in [9.17, 15) is 14.7 Å².